The summed E-state index contributed by atoms with van der Waals surface area (Å²) < 4.78 is 0. The summed E-state index contributed by atoms with van der Waals surface area (Å²) >= 11 is 0. The van der Waals surface area contributed by atoms with Crippen molar-refractivity contribution in [3.8, 4) is 0 Å². The van der Waals surface area contributed by atoms with E-state index in [4.69, 9.17) is 0 Å². The second-order valence-electron chi connectivity index (χ2n) is 4.41. The van der Waals surface area contributed by atoms with Crippen LogP contribution in [0.4, 0.5) is 0 Å². The summed E-state index contributed by atoms with van der Waals surface area (Å²) in [6.07, 6.45) is 1.70. The molecule has 0 radical (unpaired) electrons. The monoisotopic (exact) mass is 216 g/mol. The van der Waals surface area contributed by atoms with Gasteiger partial charge in [0.05, 0.1) is 5.92 Å². The van der Waals surface area contributed by atoms with Crippen molar-refractivity contribution in [2.75, 3.05) is 0 Å². The number of rotatable bonds is 2. The highest BCUT2D eigenvalue weighted by Crippen LogP contribution is 2.32. The van der Waals surface area contributed by atoms with Crippen molar-refractivity contribution < 1.29 is 9.59 Å². The van der Waals surface area contributed by atoms with Gasteiger partial charge in [-0.15, -0.1) is 0 Å². The molecule has 84 valence electrons. The predicted molar refractivity (Wildman–Crippen MR) is 62.2 cm³/mol. The number of carbonyl (C=O) groups excluding carboxylic acids is 2. The van der Waals surface area contributed by atoms with E-state index in [1.54, 1.807) is 0 Å². The third kappa shape index (κ3) is 2.06. The summed E-state index contributed by atoms with van der Waals surface area (Å²) in [6, 6.07) is 9.85. The molecule has 0 aliphatic heterocycles. The summed E-state index contributed by atoms with van der Waals surface area (Å²) in [6.45, 7) is 1.91. The number of ketones is 2. The maximum atomic E-state index is 11.8. The Morgan fingerprint density at radius 3 is 2.12 bits per heavy atom. The van der Waals surface area contributed by atoms with Gasteiger partial charge in [0.25, 0.3) is 0 Å². The van der Waals surface area contributed by atoms with Gasteiger partial charge in [0.1, 0.15) is 11.6 Å². The molecule has 1 aromatic rings. The highest BCUT2D eigenvalue weighted by molar-refractivity contribution is 6.05. The summed E-state index contributed by atoms with van der Waals surface area (Å²) in [5, 5.41) is 0. The Morgan fingerprint density at radius 1 is 1.06 bits per heavy atom. The van der Waals surface area contributed by atoms with Gasteiger partial charge in [-0.05, 0) is 17.9 Å². The lowest BCUT2D eigenvalue weighted by atomic mass is 9.76. The lowest BCUT2D eigenvalue weighted by Crippen LogP contribution is -2.31. The lowest BCUT2D eigenvalue weighted by molar-refractivity contribution is -0.136. The van der Waals surface area contributed by atoms with Gasteiger partial charge in [-0.1, -0.05) is 37.3 Å². The molecule has 1 aromatic carbocycles. The molecule has 0 heterocycles. The van der Waals surface area contributed by atoms with E-state index < -0.39 is 0 Å². The van der Waals surface area contributed by atoms with Crippen molar-refractivity contribution in [3.05, 3.63) is 35.9 Å². The maximum Gasteiger partial charge on any atom is 0.143 e. The van der Waals surface area contributed by atoms with Crippen molar-refractivity contribution in [2.24, 2.45) is 5.92 Å². The summed E-state index contributed by atoms with van der Waals surface area (Å²) in [5.41, 5.74) is 1.11. The minimum atomic E-state index is -0.333. The van der Waals surface area contributed by atoms with Crippen LogP contribution in [0.5, 0.6) is 0 Å². The van der Waals surface area contributed by atoms with Gasteiger partial charge in [0, 0.05) is 12.8 Å². The van der Waals surface area contributed by atoms with Crippen LogP contribution < -0.4 is 0 Å². The first-order valence-electron chi connectivity index (χ1n) is 5.82. The molecule has 0 aromatic heterocycles. The fourth-order valence-corrected chi connectivity index (χ4v) is 2.44. The Kier molecular flexibility index (Phi) is 3.18. The molecule has 0 amide bonds. The van der Waals surface area contributed by atoms with E-state index >= 15 is 0 Å². The standard InChI is InChI=1S/C14H16O2/c1-2-12-13(15)8-11(9-14(12)16)10-6-4-3-5-7-10/h3-7,11-12H,2,8-9H2,1H3. The molecule has 1 saturated carbocycles. The van der Waals surface area contributed by atoms with Crippen LogP contribution in [-0.2, 0) is 9.59 Å². The molecule has 0 spiro atoms. The summed E-state index contributed by atoms with van der Waals surface area (Å²) in [7, 11) is 0. The van der Waals surface area contributed by atoms with Crippen LogP contribution in [0.1, 0.15) is 37.7 Å². The first kappa shape index (κ1) is 11.1. The summed E-state index contributed by atoms with van der Waals surface area (Å²) in [5.74, 6) is 0.00386. The molecular weight excluding hydrogens is 200 g/mol. The Bertz CT molecular complexity index is 376. The smallest absolute Gasteiger partial charge is 0.143 e. The topological polar surface area (TPSA) is 34.1 Å². The van der Waals surface area contributed by atoms with Gasteiger partial charge in [-0.2, -0.15) is 0 Å². The molecule has 2 rings (SSSR count). The molecule has 16 heavy (non-hydrogen) atoms. The Labute approximate surface area is 95.7 Å². The van der Waals surface area contributed by atoms with Crippen molar-refractivity contribution in [1.29, 1.82) is 0 Å². The third-order valence-corrected chi connectivity index (χ3v) is 3.35. The van der Waals surface area contributed by atoms with E-state index in [0.717, 1.165) is 5.56 Å². The molecule has 0 unspecified atom stereocenters. The number of hydrogen-bond donors (Lipinski definition) is 0. The van der Waals surface area contributed by atoms with Gasteiger partial charge in [-0.25, -0.2) is 0 Å². The van der Waals surface area contributed by atoms with Crippen molar-refractivity contribution in [1.82, 2.24) is 0 Å². The molecule has 2 nitrogen and oxygen atoms in total. The fraction of sp³-hybridized carbons (Fsp3) is 0.429. The highest BCUT2D eigenvalue weighted by Gasteiger charge is 2.34. The lowest BCUT2D eigenvalue weighted by Gasteiger charge is -2.25. The van der Waals surface area contributed by atoms with Gasteiger partial charge in [-0.3, -0.25) is 9.59 Å². The number of hydrogen-bond acceptors (Lipinski definition) is 2. The van der Waals surface area contributed by atoms with E-state index in [-0.39, 0.29) is 23.4 Å². The number of carbonyl (C=O) groups is 2. The first-order chi connectivity index (χ1) is 7.72. The second-order valence-corrected chi connectivity index (χ2v) is 4.41. The van der Waals surface area contributed by atoms with Crippen LogP contribution in [0.25, 0.3) is 0 Å². The molecule has 0 atom stereocenters. The Hall–Kier alpha value is -1.44. The summed E-state index contributed by atoms with van der Waals surface area (Å²) in [4.78, 5) is 23.6. The predicted octanol–water partition coefficient (Wildman–Crippen LogP) is 2.73. The minimum absolute atomic E-state index is 0.101. The van der Waals surface area contributed by atoms with Crippen LogP contribution in [-0.4, -0.2) is 11.6 Å². The van der Waals surface area contributed by atoms with Crippen LogP contribution in [0.3, 0.4) is 0 Å². The van der Waals surface area contributed by atoms with Crippen molar-refractivity contribution in [3.63, 3.8) is 0 Å². The third-order valence-electron chi connectivity index (χ3n) is 3.35. The normalized spacial score (nSPS) is 25.8. The van der Waals surface area contributed by atoms with Crippen LogP contribution in [0.2, 0.25) is 0 Å². The first-order valence-corrected chi connectivity index (χ1v) is 5.82. The molecule has 1 aliphatic rings. The van der Waals surface area contributed by atoms with Crippen molar-refractivity contribution in [2.45, 2.75) is 32.1 Å². The van der Waals surface area contributed by atoms with E-state index in [1.807, 2.05) is 37.3 Å². The zero-order chi connectivity index (χ0) is 11.5. The molecule has 0 N–H and O–H groups in total. The molecule has 1 aliphatic carbocycles. The van der Waals surface area contributed by atoms with Gasteiger partial charge in [0.2, 0.25) is 0 Å². The minimum Gasteiger partial charge on any atom is -0.299 e. The molecule has 0 saturated heterocycles. The molecular formula is C14H16O2. The van der Waals surface area contributed by atoms with E-state index in [0.29, 0.717) is 19.3 Å². The number of Topliss-reactive ketones (excluding diaryl/α,β-unsaturated/α-hetero) is 2. The Balaban J connectivity index is 2.17. The highest BCUT2D eigenvalue weighted by atomic mass is 16.2. The second kappa shape index (κ2) is 4.60. The van der Waals surface area contributed by atoms with Gasteiger partial charge in [0.15, 0.2) is 0 Å². The average molecular weight is 216 g/mol. The zero-order valence-corrected chi connectivity index (χ0v) is 9.48. The SMILES string of the molecule is CCC1C(=O)CC(c2ccccc2)CC1=O. The average Bonchev–Trinajstić information content (AvgIpc) is 2.30. The largest absolute Gasteiger partial charge is 0.299 e. The quantitative estimate of drug-likeness (QED) is 0.712. The fourth-order valence-electron chi connectivity index (χ4n) is 2.44. The van der Waals surface area contributed by atoms with Crippen LogP contribution in [0.15, 0.2) is 30.3 Å². The maximum absolute atomic E-state index is 11.8. The molecule has 0 bridgehead atoms. The zero-order valence-electron chi connectivity index (χ0n) is 9.48. The van der Waals surface area contributed by atoms with Crippen LogP contribution >= 0.6 is 0 Å². The number of benzene rings is 1. The Morgan fingerprint density at radius 2 is 1.62 bits per heavy atom. The van der Waals surface area contributed by atoms with E-state index in [2.05, 4.69) is 0 Å². The molecule has 1 fully saturated rings. The van der Waals surface area contributed by atoms with Gasteiger partial charge < -0.3 is 0 Å². The van der Waals surface area contributed by atoms with E-state index in [1.165, 1.54) is 0 Å². The molecule has 2 heteroatoms. The van der Waals surface area contributed by atoms with E-state index in [9.17, 15) is 9.59 Å². The van der Waals surface area contributed by atoms with Gasteiger partial charge >= 0.3 is 0 Å². The van der Waals surface area contributed by atoms with Crippen LogP contribution in [0, 0.1) is 5.92 Å². The van der Waals surface area contributed by atoms with Crippen molar-refractivity contribution >= 4 is 11.6 Å².